The van der Waals surface area contributed by atoms with Crippen molar-refractivity contribution in [2.24, 2.45) is 0 Å². The van der Waals surface area contributed by atoms with E-state index in [1.54, 1.807) is 18.3 Å². The highest BCUT2D eigenvalue weighted by molar-refractivity contribution is 5.74. The van der Waals surface area contributed by atoms with Gasteiger partial charge in [-0.25, -0.2) is 0 Å². The number of carboxylic acids is 1. The first-order chi connectivity index (χ1) is 21.9. The predicted octanol–water partition coefficient (Wildman–Crippen LogP) is 4.26. The Bertz CT molecular complexity index is 1790. The third kappa shape index (κ3) is 7.31. The van der Waals surface area contributed by atoms with E-state index < -0.39 is 18.6 Å². The van der Waals surface area contributed by atoms with Crippen LogP contribution in [0.15, 0.2) is 67.0 Å². The summed E-state index contributed by atoms with van der Waals surface area (Å²) < 4.78 is 23.7. The van der Waals surface area contributed by atoms with Crippen molar-refractivity contribution in [3.05, 3.63) is 100 Å². The standard InChI is InChI=1S/C34H30N4O7/c1-21-9-26(17-38-29(18-39)34(40)41)32(44-19-23-10-22(13-35)15-37-16-23)12-31(21)45-20-25-3-2-4-27(28(25)14-36)24-5-6-30-33(11-24)43-8-7-42-30/h2-6,9-12,15-16,29,38-39H,7-8,17-20H2,1H3,(H,40,41). The normalized spacial score (nSPS) is 12.4. The summed E-state index contributed by atoms with van der Waals surface area (Å²) in [6.07, 6.45) is 3.05. The van der Waals surface area contributed by atoms with E-state index in [4.69, 9.17) is 18.9 Å². The second-order valence-corrected chi connectivity index (χ2v) is 10.3. The van der Waals surface area contributed by atoms with Crippen LogP contribution in [0.3, 0.4) is 0 Å². The van der Waals surface area contributed by atoms with Crippen molar-refractivity contribution in [1.29, 1.82) is 10.5 Å². The van der Waals surface area contributed by atoms with E-state index in [9.17, 15) is 25.5 Å². The average Bonchev–Trinajstić information content (AvgIpc) is 3.07. The minimum absolute atomic E-state index is 0.0938. The molecular formula is C34H30N4O7. The molecule has 0 bridgehead atoms. The summed E-state index contributed by atoms with van der Waals surface area (Å²) in [5.41, 5.74) is 5.17. The molecule has 5 rings (SSSR count). The number of carbonyl (C=O) groups is 1. The molecule has 45 heavy (non-hydrogen) atoms. The molecule has 0 spiro atoms. The molecule has 3 aromatic carbocycles. The second kappa shape index (κ2) is 14.2. The van der Waals surface area contributed by atoms with Crippen LogP contribution in [-0.4, -0.2) is 47.0 Å². The Morgan fingerprint density at radius 2 is 1.78 bits per heavy atom. The molecule has 3 N–H and O–H groups in total. The number of nitriles is 2. The highest BCUT2D eigenvalue weighted by Crippen LogP contribution is 2.37. The number of rotatable bonds is 12. The number of benzene rings is 3. The van der Waals surface area contributed by atoms with E-state index in [0.717, 1.165) is 16.7 Å². The van der Waals surface area contributed by atoms with Gasteiger partial charge in [0.2, 0.25) is 0 Å². The molecule has 1 aromatic heterocycles. The fourth-order valence-electron chi connectivity index (χ4n) is 4.87. The average molecular weight is 607 g/mol. The second-order valence-electron chi connectivity index (χ2n) is 10.3. The van der Waals surface area contributed by atoms with E-state index in [0.29, 0.717) is 64.0 Å². The van der Waals surface area contributed by atoms with Gasteiger partial charge in [-0.3, -0.25) is 15.1 Å². The molecule has 0 saturated carbocycles. The summed E-state index contributed by atoms with van der Waals surface area (Å²) in [7, 11) is 0. The molecule has 0 saturated heterocycles. The molecule has 0 aliphatic carbocycles. The molecule has 0 radical (unpaired) electrons. The number of aromatic nitrogens is 1. The van der Waals surface area contributed by atoms with Gasteiger partial charge in [-0.2, -0.15) is 10.5 Å². The Morgan fingerprint density at radius 1 is 0.978 bits per heavy atom. The van der Waals surface area contributed by atoms with Crippen LogP contribution in [0.5, 0.6) is 23.0 Å². The van der Waals surface area contributed by atoms with Crippen LogP contribution in [0.4, 0.5) is 0 Å². The Kier molecular flexibility index (Phi) is 9.75. The van der Waals surface area contributed by atoms with Gasteiger partial charge < -0.3 is 29.2 Å². The summed E-state index contributed by atoms with van der Waals surface area (Å²) in [6, 6.07) is 19.6. The summed E-state index contributed by atoms with van der Waals surface area (Å²) >= 11 is 0. The van der Waals surface area contributed by atoms with Crippen LogP contribution >= 0.6 is 0 Å². The first kappa shape index (κ1) is 30.8. The molecule has 11 heteroatoms. The lowest BCUT2D eigenvalue weighted by Crippen LogP contribution is -2.39. The number of aliphatic carboxylic acids is 1. The van der Waals surface area contributed by atoms with Crippen molar-refractivity contribution >= 4 is 5.97 Å². The number of ether oxygens (including phenoxy) is 4. The number of hydrogen-bond donors (Lipinski definition) is 3. The molecule has 1 unspecified atom stereocenters. The van der Waals surface area contributed by atoms with E-state index in [1.165, 1.54) is 6.20 Å². The van der Waals surface area contributed by atoms with Gasteiger partial charge in [-0.05, 0) is 47.9 Å². The summed E-state index contributed by atoms with van der Waals surface area (Å²) in [5, 5.41) is 41.0. The zero-order chi connectivity index (χ0) is 31.8. The molecule has 1 aliphatic rings. The van der Waals surface area contributed by atoms with Crippen molar-refractivity contribution in [3.63, 3.8) is 0 Å². The molecule has 2 heterocycles. The lowest BCUT2D eigenvalue weighted by atomic mass is 9.96. The van der Waals surface area contributed by atoms with Gasteiger partial charge in [-0.15, -0.1) is 0 Å². The van der Waals surface area contributed by atoms with E-state index in [2.05, 4.69) is 22.4 Å². The number of pyridine rings is 1. The minimum atomic E-state index is -1.18. The number of nitrogens with zero attached hydrogens (tertiary/aromatic N) is 3. The fourth-order valence-corrected chi connectivity index (χ4v) is 4.87. The molecule has 0 fully saturated rings. The first-order valence-corrected chi connectivity index (χ1v) is 14.1. The topological polar surface area (TPSA) is 167 Å². The van der Waals surface area contributed by atoms with E-state index in [1.807, 2.05) is 49.4 Å². The SMILES string of the molecule is Cc1cc(CNC(CO)C(=O)O)c(OCc2cncc(C#N)c2)cc1OCc1cccc(-c2ccc3c(c2)OCCO3)c1C#N. The quantitative estimate of drug-likeness (QED) is 0.211. The van der Waals surface area contributed by atoms with E-state index in [-0.39, 0.29) is 19.8 Å². The maximum Gasteiger partial charge on any atom is 0.323 e. The highest BCUT2D eigenvalue weighted by Gasteiger charge is 2.19. The number of carboxylic acid groups (broad SMARTS) is 1. The number of hydrogen-bond acceptors (Lipinski definition) is 10. The largest absolute Gasteiger partial charge is 0.488 e. The third-order valence-corrected chi connectivity index (χ3v) is 7.19. The Hall–Kier alpha value is -5.62. The Labute approximate surface area is 259 Å². The van der Waals surface area contributed by atoms with Crippen LogP contribution in [0.1, 0.15) is 33.4 Å². The molecule has 1 atom stereocenters. The van der Waals surface area contributed by atoms with Crippen LogP contribution in [-0.2, 0) is 24.6 Å². The van der Waals surface area contributed by atoms with Crippen LogP contribution in [0.2, 0.25) is 0 Å². The maximum atomic E-state index is 11.4. The van der Waals surface area contributed by atoms with Crippen molar-refractivity contribution in [1.82, 2.24) is 10.3 Å². The van der Waals surface area contributed by atoms with Crippen LogP contribution in [0, 0.1) is 29.6 Å². The minimum Gasteiger partial charge on any atom is -0.488 e. The smallest absolute Gasteiger partial charge is 0.323 e. The predicted molar refractivity (Wildman–Crippen MR) is 162 cm³/mol. The molecular weight excluding hydrogens is 576 g/mol. The summed E-state index contributed by atoms with van der Waals surface area (Å²) in [5.74, 6) is 1.04. The zero-order valence-electron chi connectivity index (χ0n) is 24.4. The molecule has 1 aliphatic heterocycles. The lowest BCUT2D eigenvalue weighted by molar-refractivity contribution is -0.140. The number of aliphatic hydroxyl groups excluding tert-OH is 1. The van der Waals surface area contributed by atoms with Crippen molar-refractivity contribution < 1.29 is 34.0 Å². The van der Waals surface area contributed by atoms with Gasteiger partial charge in [0.25, 0.3) is 0 Å². The van der Waals surface area contributed by atoms with Gasteiger partial charge in [0.05, 0.1) is 17.7 Å². The van der Waals surface area contributed by atoms with Gasteiger partial charge >= 0.3 is 5.97 Å². The van der Waals surface area contributed by atoms with Gasteiger partial charge in [-0.1, -0.05) is 24.3 Å². The van der Waals surface area contributed by atoms with Gasteiger partial charge in [0.1, 0.15) is 56.1 Å². The summed E-state index contributed by atoms with van der Waals surface area (Å²) in [4.78, 5) is 15.5. The third-order valence-electron chi connectivity index (χ3n) is 7.19. The number of aryl methyl sites for hydroxylation is 1. The first-order valence-electron chi connectivity index (χ1n) is 14.1. The summed E-state index contributed by atoms with van der Waals surface area (Å²) in [6.45, 7) is 2.50. The van der Waals surface area contributed by atoms with E-state index >= 15 is 0 Å². The highest BCUT2D eigenvalue weighted by atomic mass is 16.6. The molecule has 0 amide bonds. The van der Waals surface area contributed by atoms with Crippen molar-refractivity contribution in [2.75, 3.05) is 19.8 Å². The lowest BCUT2D eigenvalue weighted by Gasteiger charge is -2.20. The fraction of sp³-hybridized carbons (Fsp3) is 0.235. The van der Waals surface area contributed by atoms with Crippen molar-refractivity contribution in [3.8, 4) is 46.3 Å². The molecule has 11 nitrogen and oxygen atoms in total. The molecule has 4 aromatic rings. The van der Waals surface area contributed by atoms with Crippen LogP contribution < -0.4 is 24.3 Å². The van der Waals surface area contributed by atoms with Crippen LogP contribution in [0.25, 0.3) is 11.1 Å². The Balaban J connectivity index is 1.40. The maximum absolute atomic E-state index is 11.4. The number of nitrogens with one attached hydrogen (secondary N) is 1. The van der Waals surface area contributed by atoms with Gasteiger partial charge in [0, 0.05) is 41.7 Å². The van der Waals surface area contributed by atoms with Crippen molar-refractivity contribution in [2.45, 2.75) is 32.7 Å². The molecule has 228 valence electrons. The Morgan fingerprint density at radius 3 is 2.53 bits per heavy atom. The van der Waals surface area contributed by atoms with Gasteiger partial charge in [0.15, 0.2) is 11.5 Å². The zero-order valence-corrected chi connectivity index (χ0v) is 24.4. The number of fused-ring (bicyclic) bond motifs is 1. The number of aliphatic hydroxyl groups is 1. The monoisotopic (exact) mass is 606 g/mol.